The smallest absolute Gasteiger partial charge is 0.0249 e. The van der Waals surface area contributed by atoms with E-state index in [2.05, 4.69) is 17.3 Å². The molecule has 1 unspecified atom stereocenters. The number of nitrogens with zero attached hydrogens (tertiary/aromatic N) is 1. The van der Waals surface area contributed by atoms with Crippen LogP contribution in [0.25, 0.3) is 0 Å². The van der Waals surface area contributed by atoms with Crippen LogP contribution in [0.1, 0.15) is 38.5 Å². The molecular formula is C13H26N2OS. The maximum absolute atomic E-state index is 11.2. The van der Waals surface area contributed by atoms with Gasteiger partial charge in [0.2, 0.25) is 0 Å². The summed E-state index contributed by atoms with van der Waals surface area (Å²) in [6.07, 6.45) is 7.62. The van der Waals surface area contributed by atoms with Crippen LogP contribution in [0, 0.1) is 0 Å². The van der Waals surface area contributed by atoms with E-state index in [1.54, 1.807) is 0 Å². The van der Waals surface area contributed by atoms with Crippen LogP contribution in [0.5, 0.6) is 0 Å². The molecule has 0 aliphatic carbocycles. The molecule has 0 spiro atoms. The summed E-state index contributed by atoms with van der Waals surface area (Å²) in [4.78, 5) is 2.51. The molecule has 0 aromatic heterocycles. The molecule has 0 amide bonds. The Morgan fingerprint density at radius 2 is 2.00 bits per heavy atom. The number of likely N-dealkylation sites (tertiary alicyclic amines) is 1. The van der Waals surface area contributed by atoms with Crippen molar-refractivity contribution in [3.05, 3.63) is 0 Å². The minimum absolute atomic E-state index is 0.525. The highest BCUT2D eigenvalue weighted by Gasteiger charge is 2.20. The van der Waals surface area contributed by atoms with Crippen LogP contribution >= 0.6 is 0 Å². The molecule has 2 aliphatic rings. The van der Waals surface area contributed by atoms with Gasteiger partial charge in [-0.2, -0.15) is 0 Å². The van der Waals surface area contributed by atoms with E-state index in [1.807, 2.05) is 0 Å². The molecule has 2 rings (SSSR count). The molecule has 2 fully saturated rings. The lowest BCUT2D eigenvalue weighted by atomic mass is 10.00. The van der Waals surface area contributed by atoms with Crippen molar-refractivity contribution in [2.75, 3.05) is 31.6 Å². The number of piperidine rings is 1. The van der Waals surface area contributed by atoms with Gasteiger partial charge in [0.1, 0.15) is 0 Å². The zero-order chi connectivity index (χ0) is 12.1. The van der Waals surface area contributed by atoms with E-state index < -0.39 is 10.8 Å². The Morgan fingerprint density at radius 1 is 1.24 bits per heavy atom. The van der Waals surface area contributed by atoms with E-state index in [4.69, 9.17) is 0 Å². The van der Waals surface area contributed by atoms with E-state index in [0.717, 1.165) is 36.9 Å². The van der Waals surface area contributed by atoms with Crippen molar-refractivity contribution in [1.82, 2.24) is 10.2 Å². The summed E-state index contributed by atoms with van der Waals surface area (Å²) < 4.78 is 11.2. The van der Waals surface area contributed by atoms with Gasteiger partial charge in [0, 0.05) is 34.4 Å². The summed E-state index contributed by atoms with van der Waals surface area (Å²) in [5, 5.41) is 3.65. The van der Waals surface area contributed by atoms with Gasteiger partial charge in [-0.1, -0.05) is 6.42 Å². The van der Waals surface area contributed by atoms with E-state index >= 15 is 0 Å². The highest BCUT2D eigenvalue weighted by molar-refractivity contribution is 7.85. The van der Waals surface area contributed by atoms with Crippen LogP contribution in [0.3, 0.4) is 0 Å². The first-order valence-corrected chi connectivity index (χ1v) is 8.53. The quantitative estimate of drug-likeness (QED) is 0.826. The Bertz CT molecular complexity index is 250. The molecule has 0 radical (unpaired) electrons. The van der Waals surface area contributed by atoms with Crippen LogP contribution in [0.2, 0.25) is 0 Å². The summed E-state index contributed by atoms with van der Waals surface area (Å²) in [7, 11) is 1.73. The second-order valence-electron chi connectivity index (χ2n) is 5.50. The molecule has 17 heavy (non-hydrogen) atoms. The van der Waals surface area contributed by atoms with E-state index in [0.29, 0.717) is 6.04 Å². The summed E-state index contributed by atoms with van der Waals surface area (Å²) in [5.41, 5.74) is 0. The third-order valence-electron chi connectivity index (χ3n) is 4.22. The zero-order valence-electron chi connectivity index (χ0n) is 11.0. The molecule has 1 atom stereocenters. The third-order valence-corrected chi connectivity index (χ3v) is 5.60. The van der Waals surface area contributed by atoms with Crippen molar-refractivity contribution in [2.24, 2.45) is 0 Å². The molecule has 0 aromatic carbocycles. The van der Waals surface area contributed by atoms with Gasteiger partial charge in [-0.25, -0.2) is 0 Å². The maximum atomic E-state index is 11.2. The molecule has 2 heterocycles. The lowest BCUT2D eigenvalue weighted by Gasteiger charge is -2.33. The van der Waals surface area contributed by atoms with E-state index in [9.17, 15) is 4.21 Å². The van der Waals surface area contributed by atoms with Crippen molar-refractivity contribution >= 4 is 10.8 Å². The number of rotatable bonds is 4. The predicted octanol–water partition coefficient (Wildman–Crippen LogP) is 1.36. The van der Waals surface area contributed by atoms with Gasteiger partial charge >= 0.3 is 0 Å². The lowest BCUT2D eigenvalue weighted by molar-refractivity contribution is 0.174. The van der Waals surface area contributed by atoms with Gasteiger partial charge in [-0.05, 0) is 52.2 Å². The first kappa shape index (κ1) is 13.5. The molecular weight excluding hydrogens is 232 g/mol. The van der Waals surface area contributed by atoms with Gasteiger partial charge in [-0.15, -0.1) is 0 Å². The number of hydrogen-bond acceptors (Lipinski definition) is 3. The Kier molecular flexibility index (Phi) is 5.45. The van der Waals surface area contributed by atoms with Crippen molar-refractivity contribution in [3.63, 3.8) is 0 Å². The second kappa shape index (κ2) is 6.86. The summed E-state index contributed by atoms with van der Waals surface area (Å²) in [5.74, 6) is 1.81. The Balaban J connectivity index is 1.60. The average Bonchev–Trinajstić information content (AvgIpc) is 2.34. The Labute approximate surface area is 108 Å². The molecule has 0 bridgehead atoms. The van der Waals surface area contributed by atoms with Crippen molar-refractivity contribution < 1.29 is 4.21 Å². The van der Waals surface area contributed by atoms with Gasteiger partial charge < -0.3 is 10.2 Å². The van der Waals surface area contributed by atoms with Gasteiger partial charge in [-0.3, -0.25) is 4.21 Å². The molecule has 2 aliphatic heterocycles. The number of nitrogens with one attached hydrogen (secondary N) is 1. The normalized spacial score (nSPS) is 35.9. The lowest BCUT2D eigenvalue weighted by Crippen LogP contribution is -2.41. The van der Waals surface area contributed by atoms with Crippen LogP contribution in [0.15, 0.2) is 0 Å². The monoisotopic (exact) mass is 258 g/mol. The first-order valence-electron chi connectivity index (χ1n) is 7.04. The van der Waals surface area contributed by atoms with Crippen LogP contribution < -0.4 is 5.32 Å². The minimum atomic E-state index is -0.525. The van der Waals surface area contributed by atoms with Crippen molar-refractivity contribution in [1.29, 1.82) is 0 Å². The third kappa shape index (κ3) is 4.34. The molecule has 4 heteroatoms. The molecule has 0 aromatic rings. The Morgan fingerprint density at radius 3 is 2.71 bits per heavy atom. The highest BCUT2D eigenvalue weighted by atomic mass is 32.2. The molecule has 2 saturated heterocycles. The summed E-state index contributed by atoms with van der Waals surface area (Å²) in [6.45, 7) is 2.40. The maximum Gasteiger partial charge on any atom is 0.0249 e. The Hall–Kier alpha value is 0.0700. The minimum Gasteiger partial charge on any atom is -0.314 e. The van der Waals surface area contributed by atoms with Gasteiger partial charge in [0.05, 0.1) is 0 Å². The second-order valence-corrected chi connectivity index (χ2v) is 7.19. The SMILES string of the molecule is CN1CCCCC1CCNC1CCS(=O)CC1. The van der Waals surface area contributed by atoms with Crippen LogP contribution in [-0.4, -0.2) is 52.8 Å². The zero-order valence-corrected chi connectivity index (χ0v) is 11.8. The van der Waals surface area contributed by atoms with Crippen molar-refractivity contribution in [3.8, 4) is 0 Å². The summed E-state index contributed by atoms with van der Waals surface area (Å²) in [6, 6.07) is 1.41. The van der Waals surface area contributed by atoms with Crippen LogP contribution in [-0.2, 0) is 10.8 Å². The molecule has 1 N–H and O–H groups in total. The summed E-state index contributed by atoms with van der Waals surface area (Å²) >= 11 is 0. The number of hydrogen-bond donors (Lipinski definition) is 1. The molecule has 3 nitrogen and oxygen atoms in total. The van der Waals surface area contributed by atoms with E-state index in [1.165, 1.54) is 32.2 Å². The highest BCUT2D eigenvalue weighted by Crippen LogP contribution is 2.17. The van der Waals surface area contributed by atoms with Gasteiger partial charge in [0.15, 0.2) is 0 Å². The first-order chi connectivity index (χ1) is 8.25. The predicted molar refractivity (Wildman–Crippen MR) is 73.8 cm³/mol. The fourth-order valence-corrected chi connectivity index (χ4v) is 4.26. The molecule has 0 saturated carbocycles. The fraction of sp³-hybridized carbons (Fsp3) is 1.00. The topological polar surface area (TPSA) is 32.3 Å². The standard InChI is InChI=1S/C13H26N2OS/c1-15-9-3-2-4-13(15)5-8-14-12-6-10-17(16)11-7-12/h12-14H,2-11H2,1H3. The average molecular weight is 258 g/mol. The van der Waals surface area contributed by atoms with Gasteiger partial charge in [0.25, 0.3) is 0 Å². The van der Waals surface area contributed by atoms with E-state index in [-0.39, 0.29) is 0 Å². The molecule has 100 valence electrons. The van der Waals surface area contributed by atoms with Crippen molar-refractivity contribution in [2.45, 2.75) is 50.6 Å². The largest absolute Gasteiger partial charge is 0.314 e. The van der Waals surface area contributed by atoms with Crippen LogP contribution in [0.4, 0.5) is 0 Å². The fourth-order valence-electron chi connectivity index (χ4n) is 2.96.